The van der Waals surface area contributed by atoms with E-state index in [0.29, 0.717) is 17.3 Å². The van der Waals surface area contributed by atoms with Crippen LogP contribution in [0.5, 0.6) is 5.75 Å². The molecular formula is C15H15ClN2O2. The number of hydrogen-bond donors (Lipinski definition) is 2. The average molecular weight is 291 g/mol. The number of urea groups is 1. The summed E-state index contributed by atoms with van der Waals surface area (Å²) in [5.41, 5.74) is 1.56. The minimum atomic E-state index is -0.240. The Morgan fingerprint density at radius 2 is 1.85 bits per heavy atom. The van der Waals surface area contributed by atoms with Crippen LogP contribution < -0.4 is 10.2 Å². The third kappa shape index (κ3) is 3.42. The molecule has 0 aliphatic heterocycles. The Hall–Kier alpha value is -2.20. The largest absolute Gasteiger partial charge is 0.508 e. The molecule has 20 heavy (non-hydrogen) atoms. The number of anilines is 1. The molecule has 0 aliphatic carbocycles. The number of nitrogens with zero attached hydrogens (tertiary/aromatic N) is 1. The van der Waals surface area contributed by atoms with E-state index in [4.69, 9.17) is 11.6 Å². The monoisotopic (exact) mass is 290 g/mol. The zero-order chi connectivity index (χ0) is 14.5. The molecule has 2 aromatic carbocycles. The summed E-state index contributed by atoms with van der Waals surface area (Å²) < 4.78 is 0. The number of halogens is 1. The fourth-order valence-corrected chi connectivity index (χ4v) is 1.93. The summed E-state index contributed by atoms with van der Waals surface area (Å²) in [6.07, 6.45) is 0. The van der Waals surface area contributed by atoms with Gasteiger partial charge in [-0.25, -0.2) is 4.79 Å². The van der Waals surface area contributed by atoms with Crippen molar-refractivity contribution in [2.45, 2.75) is 6.54 Å². The first-order valence-electron chi connectivity index (χ1n) is 6.12. The lowest BCUT2D eigenvalue weighted by Gasteiger charge is -2.18. The smallest absolute Gasteiger partial charge is 0.321 e. The number of phenolic OH excluding ortho intramolecular Hbond substituents is 1. The van der Waals surface area contributed by atoms with Gasteiger partial charge in [0.05, 0.1) is 0 Å². The summed E-state index contributed by atoms with van der Waals surface area (Å²) in [7, 11) is 1.66. The SMILES string of the molecule is CN(C(=O)NCc1ccccc1Cl)c1ccc(O)cc1. The molecule has 2 aromatic rings. The Kier molecular flexibility index (Phi) is 4.48. The lowest BCUT2D eigenvalue weighted by atomic mass is 10.2. The molecule has 0 bridgehead atoms. The molecule has 0 atom stereocenters. The summed E-state index contributed by atoms with van der Waals surface area (Å²) >= 11 is 6.03. The molecule has 0 unspecified atom stereocenters. The summed E-state index contributed by atoms with van der Waals surface area (Å²) in [5, 5.41) is 12.6. The molecule has 0 radical (unpaired) electrons. The van der Waals surface area contributed by atoms with Gasteiger partial charge in [-0.2, -0.15) is 0 Å². The number of carbonyl (C=O) groups is 1. The second-order valence-electron chi connectivity index (χ2n) is 4.33. The highest BCUT2D eigenvalue weighted by Crippen LogP contribution is 2.18. The number of hydrogen-bond acceptors (Lipinski definition) is 2. The van der Waals surface area contributed by atoms with E-state index in [1.807, 2.05) is 18.2 Å². The van der Waals surface area contributed by atoms with Crippen LogP contribution in [-0.4, -0.2) is 18.2 Å². The van der Waals surface area contributed by atoms with Gasteiger partial charge in [0, 0.05) is 24.3 Å². The molecule has 104 valence electrons. The predicted molar refractivity (Wildman–Crippen MR) is 80.2 cm³/mol. The van der Waals surface area contributed by atoms with Crippen LogP contribution in [0.15, 0.2) is 48.5 Å². The van der Waals surface area contributed by atoms with E-state index in [-0.39, 0.29) is 11.8 Å². The molecule has 4 nitrogen and oxygen atoms in total. The van der Waals surface area contributed by atoms with Gasteiger partial charge in [-0.15, -0.1) is 0 Å². The highest BCUT2D eigenvalue weighted by Gasteiger charge is 2.10. The minimum Gasteiger partial charge on any atom is -0.508 e. The number of amides is 2. The van der Waals surface area contributed by atoms with Gasteiger partial charge in [0.25, 0.3) is 0 Å². The Labute approximate surface area is 122 Å². The number of phenols is 1. The van der Waals surface area contributed by atoms with Crippen LogP contribution in [-0.2, 0) is 6.54 Å². The number of aromatic hydroxyl groups is 1. The third-order valence-electron chi connectivity index (χ3n) is 2.93. The third-order valence-corrected chi connectivity index (χ3v) is 3.30. The fraction of sp³-hybridized carbons (Fsp3) is 0.133. The van der Waals surface area contributed by atoms with Crippen molar-refractivity contribution in [3.05, 3.63) is 59.1 Å². The predicted octanol–water partition coefficient (Wildman–Crippen LogP) is 3.39. The highest BCUT2D eigenvalue weighted by atomic mass is 35.5. The van der Waals surface area contributed by atoms with E-state index >= 15 is 0 Å². The molecule has 2 N–H and O–H groups in total. The van der Waals surface area contributed by atoms with Gasteiger partial charge < -0.3 is 10.4 Å². The van der Waals surface area contributed by atoms with E-state index in [1.165, 1.54) is 17.0 Å². The Morgan fingerprint density at radius 1 is 1.20 bits per heavy atom. The average Bonchev–Trinajstić information content (AvgIpc) is 2.46. The Bertz CT molecular complexity index is 599. The van der Waals surface area contributed by atoms with Crippen molar-refractivity contribution in [2.75, 3.05) is 11.9 Å². The molecular weight excluding hydrogens is 276 g/mol. The van der Waals surface area contributed by atoms with Crippen molar-refractivity contribution in [1.82, 2.24) is 5.32 Å². The van der Waals surface area contributed by atoms with Gasteiger partial charge in [0.2, 0.25) is 0 Å². The molecule has 2 amide bonds. The van der Waals surface area contributed by atoms with E-state index in [9.17, 15) is 9.90 Å². The van der Waals surface area contributed by atoms with Crippen molar-refractivity contribution in [3.63, 3.8) is 0 Å². The van der Waals surface area contributed by atoms with Crippen LogP contribution in [0, 0.1) is 0 Å². The summed E-state index contributed by atoms with van der Waals surface area (Å²) in [5.74, 6) is 0.165. The van der Waals surface area contributed by atoms with Gasteiger partial charge in [-0.05, 0) is 35.9 Å². The van der Waals surface area contributed by atoms with E-state index in [1.54, 1.807) is 25.2 Å². The highest BCUT2D eigenvalue weighted by molar-refractivity contribution is 6.31. The first-order chi connectivity index (χ1) is 9.58. The molecule has 0 saturated heterocycles. The van der Waals surface area contributed by atoms with E-state index in [0.717, 1.165) is 5.56 Å². The van der Waals surface area contributed by atoms with Crippen molar-refractivity contribution in [1.29, 1.82) is 0 Å². The van der Waals surface area contributed by atoms with Crippen LogP contribution >= 0.6 is 11.6 Å². The molecule has 0 aliphatic rings. The van der Waals surface area contributed by atoms with Crippen molar-refractivity contribution >= 4 is 23.3 Å². The molecule has 0 fully saturated rings. The zero-order valence-electron chi connectivity index (χ0n) is 11.0. The van der Waals surface area contributed by atoms with Crippen molar-refractivity contribution in [3.8, 4) is 5.75 Å². The number of rotatable bonds is 3. The first-order valence-corrected chi connectivity index (χ1v) is 6.49. The first kappa shape index (κ1) is 14.2. The lowest BCUT2D eigenvalue weighted by molar-refractivity contribution is 0.247. The second kappa shape index (κ2) is 6.30. The lowest BCUT2D eigenvalue weighted by Crippen LogP contribution is -2.36. The van der Waals surface area contributed by atoms with Gasteiger partial charge in [0.15, 0.2) is 0 Å². The van der Waals surface area contributed by atoms with Gasteiger partial charge in [-0.3, -0.25) is 4.90 Å². The number of nitrogens with one attached hydrogen (secondary N) is 1. The standard InChI is InChI=1S/C15H15ClN2O2/c1-18(12-6-8-13(19)9-7-12)15(20)17-10-11-4-2-3-5-14(11)16/h2-9,19H,10H2,1H3,(H,17,20). The molecule has 5 heteroatoms. The van der Waals surface area contributed by atoms with Gasteiger partial charge >= 0.3 is 6.03 Å². The number of carbonyl (C=O) groups excluding carboxylic acids is 1. The maximum Gasteiger partial charge on any atom is 0.321 e. The molecule has 2 rings (SSSR count). The maximum absolute atomic E-state index is 12.0. The normalized spacial score (nSPS) is 10.1. The minimum absolute atomic E-state index is 0.165. The molecule has 0 spiro atoms. The second-order valence-corrected chi connectivity index (χ2v) is 4.73. The number of benzene rings is 2. The molecule has 0 heterocycles. The van der Waals surface area contributed by atoms with Crippen LogP contribution in [0.1, 0.15) is 5.56 Å². The Morgan fingerprint density at radius 3 is 2.50 bits per heavy atom. The van der Waals surface area contributed by atoms with Gasteiger partial charge in [0.1, 0.15) is 5.75 Å². The Balaban J connectivity index is 1.98. The van der Waals surface area contributed by atoms with Crippen LogP contribution in [0.25, 0.3) is 0 Å². The summed E-state index contributed by atoms with van der Waals surface area (Å²) in [6.45, 7) is 0.362. The molecule has 0 saturated carbocycles. The van der Waals surface area contributed by atoms with Crippen molar-refractivity contribution in [2.24, 2.45) is 0 Å². The van der Waals surface area contributed by atoms with Gasteiger partial charge in [-0.1, -0.05) is 29.8 Å². The van der Waals surface area contributed by atoms with Crippen LogP contribution in [0.3, 0.4) is 0 Å². The summed E-state index contributed by atoms with van der Waals surface area (Å²) in [6, 6.07) is 13.5. The topological polar surface area (TPSA) is 52.6 Å². The van der Waals surface area contributed by atoms with E-state index in [2.05, 4.69) is 5.32 Å². The summed E-state index contributed by atoms with van der Waals surface area (Å²) in [4.78, 5) is 13.5. The maximum atomic E-state index is 12.0. The van der Waals surface area contributed by atoms with Crippen LogP contribution in [0.2, 0.25) is 5.02 Å². The van der Waals surface area contributed by atoms with E-state index < -0.39 is 0 Å². The fourth-order valence-electron chi connectivity index (χ4n) is 1.72. The quantitative estimate of drug-likeness (QED) is 0.910. The van der Waals surface area contributed by atoms with Crippen molar-refractivity contribution < 1.29 is 9.90 Å². The zero-order valence-corrected chi connectivity index (χ0v) is 11.8. The molecule has 0 aromatic heterocycles. The van der Waals surface area contributed by atoms with Crippen LogP contribution in [0.4, 0.5) is 10.5 Å².